The maximum atomic E-state index is 12.9. The van der Waals surface area contributed by atoms with Crippen molar-refractivity contribution in [2.75, 3.05) is 25.5 Å². The summed E-state index contributed by atoms with van der Waals surface area (Å²) in [4.78, 5) is 28.7. The van der Waals surface area contributed by atoms with Crippen LogP contribution in [0.25, 0.3) is 0 Å². The first-order valence-corrected chi connectivity index (χ1v) is 9.01. The van der Waals surface area contributed by atoms with E-state index in [0.29, 0.717) is 5.56 Å². The zero-order valence-corrected chi connectivity index (χ0v) is 15.8. The summed E-state index contributed by atoms with van der Waals surface area (Å²) in [5.74, 6) is -0.820. The number of rotatable bonds is 6. The van der Waals surface area contributed by atoms with E-state index in [2.05, 4.69) is 5.32 Å². The normalized spacial score (nSPS) is 23.6. The number of amides is 2. The van der Waals surface area contributed by atoms with Gasteiger partial charge in [0.25, 0.3) is 5.91 Å². The Morgan fingerprint density at radius 1 is 1.35 bits per heavy atom. The van der Waals surface area contributed by atoms with Crippen LogP contribution in [0.2, 0.25) is 0 Å². The average molecular weight is 363 g/mol. The largest absolute Gasteiger partial charge is 0.388 e. The zero-order valence-electron chi connectivity index (χ0n) is 15.8. The van der Waals surface area contributed by atoms with Gasteiger partial charge in [0, 0.05) is 31.4 Å². The van der Waals surface area contributed by atoms with Crippen molar-refractivity contribution < 1.29 is 19.8 Å². The molecule has 0 bridgehead atoms. The molecule has 0 aliphatic carbocycles. The van der Waals surface area contributed by atoms with Gasteiger partial charge >= 0.3 is 0 Å². The summed E-state index contributed by atoms with van der Waals surface area (Å²) in [7, 11) is 3.75. The molecule has 2 amide bonds. The third kappa shape index (κ3) is 4.34. The van der Waals surface area contributed by atoms with Crippen molar-refractivity contribution in [3.05, 3.63) is 29.8 Å². The first-order valence-electron chi connectivity index (χ1n) is 9.01. The summed E-state index contributed by atoms with van der Waals surface area (Å²) >= 11 is 0. The molecular formula is C19H29N3O4. The molecule has 7 nitrogen and oxygen atoms in total. The lowest BCUT2D eigenvalue weighted by Gasteiger charge is -2.27. The highest BCUT2D eigenvalue weighted by atomic mass is 16.3. The summed E-state index contributed by atoms with van der Waals surface area (Å²) in [5.41, 5.74) is 1.27. The number of likely N-dealkylation sites (tertiary alicyclic amines) is 1. The number of hydrogen-bond donors (Lipinski definition) is 3. The molecule has 1 aliphatic heterocycles. The number of anilines is 1. The molecule has 1 unspecified atom stereocenters. The van der Waals surface area contributed by atoms with Gasteiger partial charge in [0.1, 0.15) is 18.2 Å². The molecule has 1 aromatic carbocycles. The standard InChI is InChI=1S/C19H29N3O4/c1-5-7-12(2)20-18(25)16-17(24)15(23)11-22(16)19(26)13-8-6-9-14(10-13)21(3)4/h6,8-10,12,15-17,23-24H,5,7,11H2,1-4H3,(H,20,25)/t12?,15-,16-,17-/m0/s1. The average Bonchev–Trinajstić information content (AvgIpc) is 2.89. The van der Waals surface area contributed by atoms with Crippen molar-refractivity contribution in [3.63, 3.8) is 0 Å². The topological polar surface area (TPSA) is 93.1 Å². The molecule has 3 N–H and O–H groups in total. The Labute approximate surface area is 154 Å². The second-order valence-electron chi connectivity index (χ2n) is 7.10. The van der Waals surface area contributed by atoms with Gasteiger partial charge in [-0.2, -0.15) is 0 Å². The van der Waals surface area contributed by atoms with E-state index in [0.717, 1.165) is 18.5 Å². The van der Waals surface area contributed by atoms with Gasteiger partial charge in [0.15, 0.2) is 0 Å². The van der Waals surface area contributed by atoms with Gasteiger partial charge in [-0.05, 0) is 31.5 Å². The Kier molecular flexibility index (Phi) is 6.61. The fourth-order valence-electron chi connectivity index (χ4n) is 3.24. The summed E-state index contributed by atoms with van der Waals surface area (Å²) in [6, 6.07) is 5.88. The molecule has 1 aliphatic rings. The van der Waals surface area contributed by atoms with E-state index in [1.807, 2.05) is 38.9 Å². The van der Waals surface area contributed by atoms with Gasteiger partial charge in [-0.15, -0.1) is 0 Å². The molecule has 0 radical (unpaired) electrons. The van der Waals surface area contributed by atoms with Gasteiger partial charge in [-0.3, -0.25) is 9.59 Å². The van der Waals surface area contributed by atoms with Gasteiger partial charge < -0.3 is 25.3 Å². The van der Waals surface area contributed by atoms with Crippen LogP contribution in [0.15, 0.2) is 24.3 Å². The Balaban J connectivity index is 2.23. The minimum Gasteiger partial charge on any atom is -0.388 e. The van der Waals surface area contributed by atoms with Crippen molar-refractivity contribution in [2.45, 2.75) is 51.0 Å². The molecule has 1 heterocycles. The number of aliphatic hydroxyl groups is 2. The van der Waals surface area contributed by atoms with E-state index in [1.54, 1.807) is 18.2 Å². The number of nitrogens with one attached hydrogen (secondary N) is 1. The van der Waals surface area contributed by atoms with Gasteiger partial charge in [-0.25, -0.2) is 0 Å². The molecule has 1 aromatic rings. The van der Waals surface area contributed by atoms with Crippen molar-refractivity contribution in [2.24, 2.45) is 0 Å². The maximum absolute atomic E-state index is 12.9. The monoisotopic (exact) mass is 363 g/mol. The lowest BCUT2D eigenvalue weighted by atomic mass is 10.1. The quantitative estimate of drug-likeness (QED) is 0.688. The highest BCUT2D eigenvalue weighted by molar-refractivity contribution is 5.99. The van der Waals surface area contributed by atoms with Crippen molar-refractivity contribution in [1.29, 1.82) is 0 Å². The van der Waals surface area contributed by atoms with Crippen LogP contribution < -0.4 is 10.2 Å². The van der Waals surface area contributed by atoms with Crippen molar-refractivity contribution >= 4 is 17.5 Å². The number of hydrogen-bond acceptors (Lipinski definition) is 5. The molecular weight excluding hydrogens is 334 g/mol. The molecule has 144 valence electrons. The molecule has 4 atom stereocenters. The SMILES string of the molecule is CCCC(C)NC(=O)[C@@H]1[C@@H](O)[C@@H](O)CN1C(=O)c1cccc(N(C)C)c1. The van der Waals surface area contributed by atoms with Gasteiger partial charge in [0.05, 0.1) is 6.54 Å². The van der Waals surface area contributed by atoms with E-state index in [9.17, 15) is 19.8 Å². The smallest absolute Gasteiger partial charge is 0.254 e. The molecule has 0 aromatic heterocycles. The van der Waals surface area contributed by atoms with Crippen LogP contribution in [0.4, 0.5) is 5.69 Å². The first kappa shape index (κ1) is 20.2. The van der Waals surface area contributed by atoms with E-state index in [-0.39, 0.29) is 18.5 Å². The molecule has 2 rings (SSSR count). The zero-order chi connectivity index (χ0) is 19.4. The first-order chi connectivity index (χ1) is 12.3. The van der Waals surface area contributed by atoms with Crippen LogP contribution >= 0.6 is 0 Å². The third-order valence-corrected chi connectivity index (χ3v) is 4.69. The van der Waals surface area contributed by atoms with Crippen LogP contribution in [0.1, 0.15) is 37.0 Å². The second kappa shape index (κ2) is 8.51. The predicted molar refractivity (Wildman–Crippen MR) is 100 cm³/mol. The third-order valence-electron chi connectivity index (χ3n) is 4.69. The van der Waals surface area contributed by atoms with Crippen LogP contribution in [-0.2, 0) is 4.79 Å². The lowest BCUT2D eigenvalue weighted by molar-refractivity contribution is -0.128. The number of aliphatic hydroxyl groups excluding tert-OH is 2. The summed E-state index contributed by atoms with van der Waals surface area (Å²) in [5, 5.41) is 23.1. The fourth-order valence-corrected chi connectivity index (χ4v) is 3.24. The van der Waals surface area contributed by atoms with Gasteiger partial charge in [0.2, 0.25) is 5.91 Å². The Bertz CT molecular complexity index is 649. The number of benzene rings is 1. The van der Waals surface area contributed by atoms with Crippen LogP contribution in [0.5, 0.6) is 0 Å². The number of β-amino-alcohol motifs (C(OH)–C–C–N with tert-alkyl or cyclic N) is 1. The molecule has 0 saturated carbocycles. The van der Waals surface area contributed by atoms with Crippen LogP contribution in [0, 0.1) is 0 Å². The molecule has 0 spiro atoms. The predicted octanol–water partition coefficient (Wildman–Crippen LogP) is 0.604. The second-order valence-corrected chi connectivity index (χ2v) is 7.10. The van der Waals surface area contributed by atoms with Crippen LogP contribution in [0.3, 0.4) is 0 Å². The van der Waals surface area contributed by atoms with Crippen molar-refractivity contribution in [1.82, 2.24) is 10.2 Å². The lowest BCUT2D eigenvalue weighted by Crippen LogP contribution is -2.52. The summed E-state index contributed by atoms with van der Waals surface area (Å²) < 4.78 is 0. The number of nitrogens with zero attached hydrogens (tertiary/aromatic N) is 2. The Morgan fingerprint density at radius 3 is 2.65 bits per heavy atom. The highest BCUT2D eigenvalue weighted by Gasteiger charge is 2.46. The molecule has 1 saturated heterocycles. The number of carbonyl (C=O) groups is 2. The molecule has 1 fully saturated rings. The number of carbonyl (C=O) groups excluding carboxylic acids is 2. The minimum atomic E-state index is -1.30. The van der Waals surface area contributed by atoms with Gasteiger partial charge in [-0.1, -0.05) is 19.4 Å². The van der Waals surface area contributed by atoms with E-state index in [1.165, 1.54) is 4.90 Å². The maximum Gasteiger partial charge on any atom is 0.254 e. The van der Waals surface area contributed by atoms with E-state index >= 15 is 0 Å². The minimum absolute atomic E-state index is 0.0635. The summed E-state index contributed by atoms with van der Waals surface area (Å²) in [6.45, 7) is 3.82. The fraction of sp³-hybridized carbons (Fsp3) is 0.579. The summed E-state index contributed by atoms with van der Waals surface area (Å²) in [6.07, 6.45) is -0.731. The van der Waals surface area contributed by atoms with Crippen LogP contribution in [-0.4, -0.2) is 71.9 Å². The molecule has 26 heavy (non-hydrogen) atoms. The molecule has 7 heteroatoms. The van der Waals surface area contributed by atoms with E-state index in [4.69, 9.17) is 0 Å². The Morgan fingerprint density at radius 2 is 2.04 bits per heavy atom. The van der Waals surface area contributed by atoms with E-state index < -0.39 is 24.2 Å². The Hall–Kier alpha value is -2.12. The van der Waals surface area contributed by atoms with Crippen molar-refractivity contribution in [3.8, 4) is 0 Å². The highest BCUT2D eigenvalue weighted by Crippen LogP contribution is 2.23.